The van der Waals surface area contributed by atoms with Gasteiger partial charge in [0.25, 0.3) is 8.32 Å². The second kappa shape index (κ2) is 17.4. The van der Waals surface area contributed by atoms with Gasteiger partial charge >= 0.3 is 5.97 Å². The number of rotatable bonds is 15. The van der Waals surface area contributed by atoms with Crippen molar-refractivity contribution in [2.45, 2.75) is 95.0 Å². The lowest BCUT2D eigenvalue weighted by molar-refractivity contribution is -0.198. The molecule has 1 N–H and O–H groups in total. The van der Waals surface area contributed by atoms with E-state index in [2.05, 4.69) is 81.5 Å². The van der Waals surface area contributed by atoms with Gasteiger partial charge in [-0.3, -0.25) is 4.79 Å². The summed E-state index contributed by atoms with van der Waals surface area (Å²) in [5, 5.41) is 13.6. The number of benzene rings is 3. The van der Waals surface area contributed by atoms with Gasteiger partial charge in [0.1, 0.15) is 5.82 Å². The normalized spacial score (nSPS) is 24.4. The minimum absolute atomic E-state index is 0.0757. The van der Waals surface area contributed by atoms with Crippen molar-refractivity contribution in [1.29, 1.82) is 0 Å². The van der Waals surface area contributed by atoms with Crippen molar-refractivity contribution in [2.24, 2.45) is 11.8 Å². The van der Waals surface area contributed by atoms with Crippen molar-refractivity contribution < 1.29 is 32.9 Å². The number of allylic oxidation sites excluding steroid dienone is 2. The highest BCUT2D eigenvalue weighted by atomic mass is 28.4. The van der Waals surface area contributed by atoms with Crippen molar-refractivity contribution in [1.82, 2.24) is 0 Å². The maximum absolute atomic E-state index is 14.4. The Bertz CT molecular complexity index is 1460. The fourth-order valence-corrected chi connectivity index (χ4v) is 13.0. The van der Waals surface area contributed by atoms with E-state index >= 15 is 0 Å². The van der Waals surface area contributed by atoms with Crippen molar-refractivity contribution in [3.8, 4) is 0 Å². The zero-order valence-corrected chi connectivity index (χ0v) is 31.2. The Labute approximate surface area is 299 Å². The molecule has 3 aromatic rings. The fourth-order valence-electron chi connectivity index (χ4n) is 8.35. The van der Waals surface area contributed by atoms with E-state index in [1.165, 1.54) is 29.6 Å². The molecule has 2 aliphatic rings. The molecule has 0 radical (unpaired) electrons. The highest BCUT2D eigenvalue weighted by Crippen LogP contribution is 2.53. The van der Waals surface area contributed by atoms with Crippen molar-refractivity contribution in [3.63, 3.8) is 0 Å². The summed E-state index contributed by atoms with van der Waals surface area (Å²) in [6.45, 7) is 7.80. The number of hydrogen-bond acceptors (Lipinski definition) is 6. The van der Waals surface area contributed by atoms with Crippen LogP contribution in [0.25, 0.3) is 0 Å². The standard InChI is InChI=1S/C42H55FO6Si/c1-41(2,3)50(34-17-9-7-10-18-34,35-19-11-8-12-20-35)48-31-36-37(30-44)42(32-23-25-33(43)26-24-32,27-15-6-5-13-21-39(45)46-4)29-38(36)49-40-22-14-16-28-47-40/h6-12,15,17-20,23-26,36-38,40,44H,5,13-14,16,21-22,27-31H2,1-4H3/b15-6-/t36-,37-,38-,40?,42+/m1/s1. The molecule has 50 heavy (non-hydrogen) atoms. The number of hydrogen-bond donors (Lipinski definition) is 1. The molecule has 0 amide bonds. The third-order valence-electron chi connectivity index (χ3n) is 10.9. The van der Waals surface area contributed by atoms with Gasteiger partial charge in [0.2, 0.25) is 0 Å². The Morgan fingerprint density at radius 3 is 2.20 bits per heavy atom. The number of methoxy groups -OCH3 is 1. The molecule has 5 rings (SSSR count). The van der Waals surface area contributed by atoms with Gasteiger partial charge in [0.15, 0.2) is 6.29 Å². The maximum atomic E-state index is 14.4. The van der Waals surface area contributed by atoms with Gasteiger partial charge in [-0.05, 0) is 84.0 Å². The third kappa shape index (κ3) is 8.48. The first-order valence-corrected chi connectivity index (χ1v) is 20.2. The molecular formula is C42H55FO6Si. The van der Waals surface area contributed by atoms with Gasteiger partial charge in [-0.15, -0.1) is 0 Å². The lowest BCUT2D eigenvalue weighted by Crippen LogP contribution is -2.67. The van der Waals surface area contributed by atoms with Crippen LogP contribution in [0.3, 0.4) is 0 Å². The molecule has 2 fully saturated rings. The van der Waals surface area contributed by atoms with E-state index in [4.69, 9.17) is 18.6 Å². The molecule has 270 valence electrons. The predicted octanol–water partition coefficient (Wildman–Crippen LogP) is 7.47. The molecule has 0 spiro atoms. The summed E-state index contributed by atoms with van der Waals surface area (Å²) in [5.41, 5.74) is 0.434. The second-order valence-electron chi connectivity index (χ2n) is 14.9. The SMILES string of the molecule is COC(=O)CCC/C=C\C[C@@]1(c2ccc(F)cc2)C[C@@H](OC2CCCCO2)[C@H](CO[Si](c2ccccc2)(c2ccccc2)C(C)(C)C)[C@H]1CO. The molecule has 1 heterocycles. The maximum Gasteiger partial charge on any atom is 0.305 e. The highest BCUT2D eigenvalue weighted by molar-refractivity contribution is 6.99. The van der Waals surface area contributed by atoms with Crippen LogP contribution in [-0.2, 0) is 28.8 Å². The highest BCUT2D eigenvalue weighted by Gasteiger charge is 2.57. The molecule has 8 heteroatoms. The monoisotopic (exact) mass is 702 g/mol. The number of unbranched alkanes of at least 4 members (excludes halogenated alkanes) is 1. The van der Waals surface area contributed by atoms with Gasteiger partial charge in [-0.2, -0.15) is 0 Å². The van der Waals surface area contributed by atoms with Gasteiger partial charge in [-0.1, -0.05) is 106 Å². The Morgan fingerprint density at radius 1 is 0.980 bits per heavy atom. The summed E-state index contributed by atoms with van der Waals surface area (Å²) in [6.07, 6.45) is 9.61. The number of halogens is 1. The predicted molar refractivity (Wildman–Crippen MR) is 198 cm³/mol. The largest absolute Gasteiger partial charge is 0.469 e. The summed E-state index contributed by atoms with van der Waals surface area (Å²) >= 11 is 0. The molecule has 1 unspecified atom stereocenters. The number of aliphatic hydroxyl groups excluding tert-OH is 1. The van der Waals surface area contributed by atoms with Gasteiger partial charge in [-0.25, -0.2) is 4.39 Å². The van der Waals surface area contributed by atoms with Crippen LogP contribution in [0, 0.1) is 17.7 Å². The summed E-state index contributed by atoms with van der Waals surface area (Å²) in [7, 11) is -1.49. The minimum atomic E-state index is -2.90. The molecule has 1 aliphatic carbocycles. The molecule has 1 aliphatic heterocycles. The zero-order chi connectivity index (χ0) is 35.6. The van der Waals surface area contributed by atoms with E-state index in [9.17, 15) is 14.3 Å². The first kappa shape index (κ1) is 38.1. The smallest absolute Gasteiger partial charge is 0.305 e. The number of ether oxygens (including phenoxy) is 3. The lowest BCUT2D eigenvalue weighted by atomic mass is 9.68. The molecule has 3 aromatic carbocycles. The summed E-state index contributed by atoms with van der Waals surface area (Å²) in [5.74, 6) is -0.911. The minimum Gasteiger partial charge on any atom is -0.469 e. The van der Waals surface area contributed by atoms with Crippen molar-refractivity contribution >= 4 is 24.7 Å². The average molecular weight is 703 g/mol. The molecule has 6 nitrogen and oxygen atoms in total. The Kier molecular flexibility index (Phi) is 13.2. The quantitative estimate of drug-likeness (QED) is 0.0767. The van der Waals surface area contributed by atoms with Gasteiger partial charge < -0.3 is 23.7 Å². The number of carbonyl (C=O) groups excluding carboxylic acids is 1. The zero-order valence-electron chi connectivity index (χ0n) is 30.2. The van der Waals surface area contributed by atoms with E-state index in [1.807, 2.05) is 24.3 Å². The summed E-state index contributed by atoms with van der Waals surface area (Å²) in [4.78, 5) is 11.7. The van der Waals surface area contributed by atoms with Crippen LogP contribution in [-0.4, -0.2) is 58.7 Å². The van der Waals surface area contributed by atoms with E-state index < -0.39 is 13.7 Å². The number of esters is 1. The van der Waals surface area contributed by atoms with E-state index in [0.717, 1.165) is 31.2 Å². The van der Waals surface area contributed by atoms with Gasteiger partial charge in [0, 0.05) is 37.6 Å². The van der Waals surface area contributed by atoms with Crippen LogP contribution >= 0.6 is 0 Å². The first-order valence-electron chi connectivity index (χ1n) is 18.3. The van der Waals surface area contributed by atoms with Crippen molar-refractivity contribution in [3.05, 3.63) is 108 Å². The van der Waals surface area contributed by atoms with Gasteiger partial charge in [0.05, 0.1) is 13.2 Å². The summed E-state index contributed by atoms with van der Waals surface area (Å²) < 4.78 is 39.7. The van der Waals surface area contributed by atoms with E-state index in [-0.39, 0.29) is 47.7 Å². The second-order valence-corrected chi connectivity index (χ2v) is 19.2. The van der Waals surface area contributed by atoms with E-state index in [1.54, 1.807) is 0 Å². The van der Waals surface area contributed by atoms with Crippen LogP contribution in [0.5, 0.6) is 0 Å². The first-order chi connectivity index (χ1) is 24.1. The number of carbonyl (C=O) groups is 1. The molecule has 1 saturated heterocycles. The third-order valence-corrected chi connectivity index (χ3v) is 15.9. The molecular weight excluding hydrogens is 648 g/mol. The molecule has 0 aromatic heterocycles. The Hall–Kier alpha value is -3.14. The van der Waals surface area contributed by atoms with Crippen LogP contribution in [0.1, 0.15) is 77.7 Å². The molecule has 1 saturated carbocycles. The lowest BCUT2D eigenvalue weighted by Gasteiger charge is -2.44. The molecule has 0 bridgehead atoms. The van der Waals surface area contributed by atoms with Crippen LogP contribution in [0.2, 0.25) is 5.04 Å². The molecule has 5 atom stereocenters. The Morgan fingerprint density at radius 2 is 1.64 bits per heavy atom. The Balaban J connectivity index is 1.55. The van der Waals surface area contributed by atoms with Crippen LogP contribution in [0.15, 0.2) is 97.1 Å². The van der Waals surface area contributed by atoms with Crippen molar-refractivity contribution in [2.75, 3.05) is 26.9 Å². The topological polar surface area (TPSA) is 74.2 Å². The summed E-state index contributed by atoms with van der Waals surface area (Å²) in [6, 6.07) is 28.0. The van der Waals surface area contributed by atoms with E-state index in [0.29, 0.717) is 38.9 Å². The van der Waals surface area contributed by atoms with Crippen LogP contribution < -0.4 is 10.4 Å². The van der Waals surface area contributed by atoms with Crippen LogP contribution in [0.4, 0.5) is 4.39 Å². The average Bonchev–Trinajstić information content (AvgIpc) is 3.43. The fraction of sp³-hybridized carbons (Fsp3) is 0.500. The number of aliphatic hydroxyl groups is 1.